The number of anilines is 1. The molecular formula is C14H22N4O. The molecule has 0 bridgehead atoms. The van der Waals surface area contributed by atoms with Crippen LogP contribution < -0.4 is 4.90 Å². The van der Waals surface area contributed by atoms with Gasteiger partial charge in [-0.15, -0.1) is 0 Å². The molecule has 0 amide bonds. The van der Waals surface area contributed by atoms with Crippen molar-refractivity contribution < 1.29 is 4.74 Å². The molecule has 0 radical (unpaired) electrons. The van der Waals surface area contributed by atoms with Crippen molar-refractivity contribution in [2.45, 2.75) is 26.3 Å². The fourth-order valence-corrected chi connectivity index (χ4v) is 2.79. The second-order valence-corrected chi connectivity index (χ2v) is 5.27. The molecule has 0 aromatic carbocycles. The number of rotatable bonds is 3. The molecule has 1 fully saturated rings. The third-order valence-corrected chi connectivity index (χ3v) is 3.83. The average Bonchev–Trinajstić information content (AvgIpc) is 2.48. The number of aromatic nitrogens is 2. The highest BCUT2D eigenvalue weighted by molar-refractivity contribution is 5.34. The second-order valence-electron chi connectivity index (χ2n) is 5.27. The quantitative estimate of drug-likeness (QED) is 0.815. The van der Waals surface area contributed by atoms with E-state index in [0.29, 0.717) is 0 Å². The van der Waals surface area contributed by atoms with Gasteiger partial charge in [-0.3, -0.25) is 4.90 Å². The Morgan fingerprint density at radius 3 is 2.89 bits per heavy atom. The Labute approximate surface area is 114 Å². The van der Waals surface area contributed by atoms with Crippen LogP contribution in [0.5, 0.6) is 0 Å². The summed E-state index contributed by atoms with van der Waals surface area (Å²) in [5.74, 6) is 0.881. The molecular weight excluding hydrogens is 240 g/mol. The van der Waals surface area contributed by atoms with Crippen LogP contribution in [0.3, 0.4) is 0 Å². The summed E-state index contributed by atoms with van der Waals surface area (Å²) in [5, 5.41) is 0. The molecule has 1 aromatic rings. The molecule has 5 heteroatoms. The molecule has 19 heavy (non-hydrogen) atoms. The standard InChI is InChI=1S/C14H22N4O/c1-2-4-17-5-3-13-12(11-17)10-15-14(16-13)18-6-8-19-9-7-18/h10H,2-9,11H2,1H3. The largest absolute Gasteiger partial charge is 0.378 e. The third-order valence-electron chi connectivity index (χ3n) is 3.83. The normalized spacial score (nSPS) is 20.4. The van der Waals surface area contributed by atoms with Gasteiger partial charge in [0.05, 0.1) is 18.9 Å². The lowest BCUT2D eigenvalue weighted by atomic mass is 10.1. The molecule has 0 saturated carbocycles. The Bertz CT molecular complexity index is 431. The highest BCUT2D eigenvalue weighted by atomic mass is 16.5. The van der Waals surface area contributed by atoms with Gasteiger partial charge in [-0.1, -0.05) is 6.92 Å². The minimum absolute atomic E-state index is 0.782. The van der Waals surface area contributed by atoms with E-state index in [1.807, 2.05) is 6.20 Å². The van der Waals surface area contributed by atoms with E-state index in [-0.39, 0.29) is 0 Å². The lowest BCUT2D eigenvalue weighted by Gasteiger charge is -2.30. The fraction of sp³-hybridized carbons (Fsp3) is 0.714. The van der Waals surface area contributed by atoms with Gasteiger partial charge in [0.25, 0.3) is 0 Å². The van der Waals surface area contributed by atoms with E-state index in [9.17, 15) is 0 Å². The van der Waals surface area contributed by atoms with Crippen LogP contribution in [-0.2, 0) is 17.7 Å². The topological polar surface area (TPSA) is 41.5 Å². The summed E-state index contributed by atoms with van der Waals surface area (Å²) >= 11 is 0. The molecule has 0 spiro atoms. The molecule has 3 rings (SSSR count). The van der Waals surface area contributed by atoms with E-state index in [1.165, 1.54) is 24.2 Å². The molecule has 1 saturated heterocycles. The maximum Gasteiger partial charge on any atom is 0.225 e. The van der Waals surface area contributed by atoms with E-state index in [2.05, 4.69) is 21.7 Å². The van der Waals surface area contributed by atoms with Crippen molar-refractivity contribution in [2.24, 2.45) is 0 Å². The second kappa shape index (κ2) is 5.84. The van der Waals surface area contributed by atoms with Crippen LogP contribution in [-0.4, -0.2) is 54.3 Å². The minimum atomic E-state index is 0.782. The third kappa shape index (κ3) is 2.87. The predicted molar refractivity (Wildman–Crippen MR) is 74.3 cm³/mol. The van der Waals surface area contributed by atoms with Crippen LogP contribution >= 0.6 is 0 Å². The van der Waals surface area contributed by atoms with E-state index >= 15 is 0 Å². The molecule has 104 valence electrons. The molecule has 3 heterocycles. The van der Waals surface area contributed by atoms with Crippen LogP contribution in [0.15, 0.2) is 6.20 Å². The van der Waals surface area contributed by atoms with Crippen molar-refractivity contribution in [1.29, 1.82) is 0 Å². The first-order valence-electron chi connectivity index (χ1n) is 7.26. The lowest BCUT2D eigenvalue weighted by molar-refractivity contribution is 0.122. The Hall–Kier alpha value is -1.20. The van der Waals surface area contributed by atoms with Gasteiger partial charge in [0.2, 0.25) is 5.95 Å². The maximum atomic E-state index is 5.37. The Kier molecular flexibility index (Phi) is 3.94. The molecule has 0 unspecified atom stereocenters. The van der Waals surface area contributed by atoms with Crippen LogP contribution in [0.25, 0.3) is 0 Å². The van der Waals surface area contributed by atoms with Gasteiger partial charge in [0, 0.05) is 44.4 Å². The number of hydrogen-bond donors (Lipinski definition) is 0. The first-order valence-corrected chi connectivity index (χ1v) is 7.26. The number of ether oxygens (including phenoxy) is 1. The minimum Gasteiger partial charge on any atom is -0.378 e. The van der Waals surface area contributed by atoms with Gasteiger partial charge in [0.1, 0.15) is 0 Å². The summed E-state index contributed by atoms with van der Waals surface area (Å²) in [4.78, 5) is 14.0. The Morgan fingerprint density at radius 1 is 1.26 bits per heavy atom. The summed E-state index contributed by atoms with van der Waals surface area (Å²) in [6.45, 7) is 8.90. The van der Waals surface area contributed by atoms with E-state index in [4.69, 9.17) is 9.72 Å². The summed E-state index contributed by atoms with van der Waals surface area (Å²) in [7, 11) is 0. The fourth-order valence-electron chi connectivity index (χ4n) is 2.79. The van der Waals surface area contributed by atoms with E-state index < -0.39 is 0 Å². The van der Waals surface area contributed by atoms with Gasteiger partial charge in [-0.25, -0.2) is 9.97 Å². The summed E-state index contributed by atoms with van der Waals surface area (Å²) in [5.41, 5.74) is 2.54. The molecule has 5 nitrogen and oxygen atoms in total. The monoisotopic (exact) mass is 262 g/mol. The highest BCUT2D eigenvalue weighted by Crippen LogP contribution is 2.19. The van der Waals surface area contributed by atoms with E-state index in [0.717, 1.165) is 51.8 Å². The van der Waals surface area contributed by atoms with Gasteiger partial charge >= 0.3 is 0 Å². The highest BCUT2D eigenvalue weighted by Gasteiger charge is 2.20. The van der Waals surface area contributed by atoms with Crippen molar-refractivity contribution in [1.82, 2.24) is 14.9 Å². The summed E-state index contributed by atoms with van der Waals surface area (Å²) in [6.07, 6.45) is 4.28. The zero-order chi connectivity index (χ0) is 13.1. The zero-order valence-electron chi connectivity index (χ0n) is 11.6. The van der Waals surface area contributed by atoms with Crippen LogP contribution in [0.1, 0.15) is 24.6 Å². The zero-order valence-corrected chi connectivity index (χ0v) is 11.6. The first-order chi connectivity index (χ1) is 9.36. The number of hydrogen-bond acceptors (Lipinski definition) is 5. The van der Waals surface area contributed by atoms with Gasteiger partial charge < -0.3 is 9.64 Å². The number of nitrogens with zero attached hydrogens (tertiary/aromatic N) is 4. The van der Waals surface area contributed by atoms with Gasteiger partial charge in [-0.2, -0.15) is 0 Å². The molecule has 1 aromatic heterocycles. The first kappa shape index (κ1) is 12.8. The van der Waals surface area contributed by atoms with Crippen molar-refractivity contribution in [3.05, 3.63) is 17.5 Å². The van der Waals surface area contributed by atoms with Gasteiger partial charge in [0.15, 0.2) is 0 Å². The SMILES string of the molecule is CCCN1CCc2nc(N3CCOCC3)ncc2C1. The molecule has 0 aliphatic carbocycles. The Balaban J connectivity index is 1.73. The van der Waals surface area contributed by atoms with Crippen molar-refractivity contribution >= 4 is 5.95 Å². The summed E-state index contributed by atoms with van der Waals surface area (Å²) < 4.78 is 5.37. The van der Waals surface area contributed by atoms with Crippen LogP contribution in [0, 0.1) is 0 Å². The molecule has 2 aliphatic heterocycles. The van der Waals surface area contributed by atoms with Crippen molar-refractivity contribution in [2.75, 3.05) is 44.3 Å². The maximum absolute atomic E-state index is 5.37. The number of morpholine rings is 1. The average molecular weight is 262 g/mol. The van der Waals surface area contributed by atoms with Crippen molar-refractivity contribution in [3.8, 4) is 0 Å². The van der Waals surface area contributed by atoms with Crippen LogP contribution in [0.2, 0.25) is 0 Å². The van der Waals surface area contributed by atoms with Gasteiger partial charge in [-0.05, 0) is 13.0 Å². The molecule has 0 atom stereocenters. The smallest absolute Gasteiger partial charge is 0.225 e. The van der Waals surface area contributed by atoms with Crippen LogP contribution in [0.4, 0.5) is 5.95 Å². The molecule has 0 N–H and O–H groups in total. The number of fused-ring (bicyclic) bond motifs is 1. The predicted octanol–water partition coefficient (Wildman–Crippen LogP) is 1.08. The molecule has 2 aliphatic rings. The summed E-state index contributed by atoms with van der Waals surface area (Å²) in [6, 6.07) is 0. The van der Waals surface area contributed by atoms with Crippen molar-refractivity contribution in [3.63, 3.8) is 0 Å². The lowest BCUT2D eigenvalue weighted by Crippen LogP contribution is -2.38. The van der Waals surface area contributed by atoms with E-state index in [1.54, 1.807) is 0 Å². The Morgan fingerprint density at radius 2 is 2.11 bits per heavy atom.